The fourth-order valence-electron chi connectivity index (χ4n) is 2.13. The summed E-state index contributed by atoms with van der Waals surface area (Å²) in [5.41, 5.74) is 2.77. The van der Waals surface area contributed by atoms with E-state index in [0.717, 1.165) is 6.92 Å². The average molecular weight is 236 g/mol. The van der Waals surface area contributed by atoms with Crippen molar-refractivity contribution in [2.24, 2.45) is 0 Å². The molecule has 0 saturated carbocycles. The van der Waals surface area contributed by atoms with Crippen LogP contribution < -0.4 is 0 Å². The molecule has 0 spiro atoms. The number of carbonyl (C=O) groups is 1. The number of likely N-dealkylation sites (tertiary alicyclic amines) is 1. The normalized spacial score (nSPS) is 19.6. The third-order valence-corrected chi connectivity index (χ3v) is 2.96. The summed E-state index contributed by atoms with van der Waals surface area (Å²) >= 11 is 0. The van der Waals surface area contributed by atoms with Gasteiger partial charge in [0.25, 0.3) is 5.97 Å². The maximum absolute atomic E-state index is 9.00. The molecule has 0 radical (unpaired) electrons. The number of aliphatic carboxylic acids is 1. The minimum absolute atomic E-state index is 0.605. The van der Waals surface area contributed by atoms with E-state index in [2.05, 4.69) is 29.9 Å². The van der Waals surface area contributed by atoms with Crippen molar-refractivity contribution in [2.75, 3.05) is 13.6 Å². The van der Waals surface area contributed by atoms with Crippen LogP contribution in [0.4, 0.5) is 0 Å². The van der Waals surface area contributed by atoms with Crippen molar-refractivity contribution in [3.63, 3.8) is 0 Å². The highest BCUT2D eigenvalue weighted by Crippen LogP contribution is 2.31. The van der Waals surface area contributed by atoms with Crippen molar-refractivity contribution < 1.29 is 9.90 Å². The van der Waals surface area contributed by atoms with Gasteiger partial charge in [-0.3, -0.25) is 14.7 Å². The largest absolute Gasteiger partial charge is 0.481 e. The number of pyridine rings is 1. The first kappa shape index (κ1) is 13.6. The highest BCUT2D eigenvalue weighted by atomic mass is 16.4. The monoisotopic (exact) mass is 236 g/mol. The number of aryl methyl sites for hydroxylation is 1. The molecule has 1 aromatic heterocycles. The number of hydrogen-bond donors (Lipinski definition) is 1. The van der Waals surface area contributed by atoms with E-state index in [-0.39, 0.29) is 0 Å². The number of rotatable bonds is 1. The summed E-state index contributed by atoms with van der Waals surface area (Å²) < 4.78 is 0. The Bertz CT molecular complexity index is 375. The first-order valence-corrected chi connectivity index (χ1v) is 5.82. The van der Waals surface area contributed by atoms with Crippen LogP contribution in [0.2, 0.25) is 0 Å². The van der Waals surface area contributed by atoms with Gasteiger partial charge < -0.3 is 5.11 Å². The number of hydrogen-bond acceptors (Lipinski definition) is 3. The van der Waals surface area contributed by atoms with Crippen LogP contribution in [0.5, 0.6) is 0 Å². The summed E-state index contributed by atoms with van der Waals surface area (Å²) in [6.07, 6.45) is 6.48. The Balaban J connectivity index is 0.000000317. The van der Waals surface area contributed by atoms with Gasteiger partial charge in [0.05, 0.1) is 0 Å². The SMILES string of the molecule is CC(=O)O.Cc1ccncc1[C@@H]1CCCN1C. The number of nitrogens with zero attached hydrogens (tertiary/aromatic N) is 2. The Morgan fingerprint density at radius 2 is 2.24 bits per heavy atom. The van der Waals surface area contributed by atoms with Crippen LogP contribution >= 0.6 is 0 Å². The van der Waals surface area contributed by atoms with E-state index in [1.54, 1.807) is 0 Å². The predicted octanol–water partition coefficient (Wildman–Crippen LogP) is 2.25. The predicted molar refractivity (Wildman–Crippen MR) is 66.9 cm³/mol. The number of aromatic nitrogens is 1. The molecule has 1 aromatic rings. The van der Waals surface area contributed by atoms with Crippen LogP contribution in [-0.4, -0.2) is 34.6 Å². The van der Waals surface area contributed by atoms with Crippen molar-refractivity contribution in [3.05, 3.63) is 29.6 Å². The average Bonchev–Trinajstić information content (AvgIpc) is 2.64. The Hall–Kier alpha value is -1.42. The van der Waals surface area contributed by atoms with Gasteiger partial charge >= 0.3 is 0 Å². The first-order valence-electron chi connectivity index (χ1n) is 5.82. The van der Waals surface area contributed by atoms with Crippen molar-refractivity contribution in [3.8, 4) is 0 Å². The van der Waals surface area contributed by atoms with E-state index in [1.165, 1.54) is 30.5 Å². The minimum Gasteiger partial charge on any atom is -0.481 e. The standard InChI is InChI=1S/C11H16N2.C2H4O2/c1-9-5-6-12-8-10(9)11-4-3-7-13(11)2;1-2(3)4/h5-6,8,11H,3-4,7H2,1-2H3;1H3,(H,3,4)/t11-;/m0./s1. The smallest absolute Gasteiger partial charge is 0.300 e. The first-order chi connectivity index (χ1) is 8.02. The van der Waals surface area contributed by atoms with Gasteiger partial charge in [0.2, 0.25) is 0 Å². The summed E-state index contributed by atoms with van der Waals surface area (Å²) in [6.45, 7) is 4.47. The lowest BCUT2D eigenvalue weighted by atomic mass is 10.0. The molecule has 1 fully saturated rings. The molecular formula is C13H20N2O2. The van der Waals surface area contributed by atoms with E-state index in [0.29, 0.717) is 6.04 Å². The highest BCUT2D eigenvalue weighted by Gasteiger charge is 2.23. The molecule has 2 heterocycles. The van der Waals surface area contributed by atoms with E-state index in [9.17, 15) is 0 Å². The quantitative estimate of drug-likeness (QED) is 0.812. The van der Waals surface area contributed by atoms with Crippen LogP contribution in [0.15, 0.2) is 18.5 Å². The second-order valence-corrected chi connectivity index (χ2v) is 4.39. The Morgan fingerprint density at radius 1 is 1.59 bits per heavy atom. The molecule has 1 saturated heterocycles. The molecule has 0 amide bonds. The summed E-state index contributed by atoms with van der Waals surface area (Å²) in [6, 6.07) is 2.70. The lowest BCUT2D eigenvalue weighted by Crippen LogP contribution is -2.18. The fraction of sp³-hybridized carbons (Fsp3) is 0.538. The Labute approximate surface area is 102 Å². The fourth-order valence-corrected chi connectivity index (χ4v) is 2.13. The second-order valence-electron chi connectivity index (χ2n) is 4.39. The van der Waals surface area contributed by atoms with E-state index < -0.39 is 5.97 Å². The molecule has 4 nitrogen and oxygen atoms in total. The van der Waals surface area contributed by atoms with Gasteiger partial charge in [-0.05, 0) is 50.6 Å². The molecule has 4 heteroatoms. The lowest BCUT2D eigenvalue weighted by Gasteiger charge is -2.20. The van der Waals surface area contributed by atoms with Gasteiger partial charge in [-0.25, -0.2) is 0 Å². The van der Waals surface area contributed by atoms with Gasteiger partial charge in [-0.1, -0.05) is 0 Å². The van der Waals surface area contributed by atoms with Crippen LogP contribution in [0.25, 0.3) is 0 Å². The van der Waals surface area contributed by atoms with Crippen molar-refractivity contribution in [1.29, 1.82) is 0 Å². The summed E-state index contributed by atoms with van der Waals surface area (Å²) in [5, 5.41) is 7.42. The molecule has 0 aliphatic carbocycles. The van der Waals surface area contributed by atoms with Gasteiger partial charge in [-0.15, -0.1) is 0 Å². The molecule has 2 rings (SSSR count). The van der Waals surface area contributed by atoms with Crippen molar-refractivity contribution in [2.45, 2.75) is 32.7 Å². The van der Waals surface area contributed by atoms with E-state index >= 15 is 0 Å². The van der Waals surface area contributed by atoms with E-state index in [1.807, 2.05) is 12.4 Å². The molecule has 17 heavy (non-hydrogen) atoms. The van der Waals surface area contributed by atoms with Crippen LogP contribution in [0.1, 0.15) is 36.9 Å². The molecule has 0 bridgehead atoms. The highest BCUT2D eigenvalue weighted by molar-refractivity contribution is 5.62. The van der Waals surface area contributed by atoms with Crippen LogP contribution in [0.3, 0.4) is 0 Å². The molecule has 1 N–H and O–H groups in total. The van der Waals surface area contributed by atoms with Gasteiger partial charge in [0.15, 0.2) is 0 Å². The zero-order valence-corrected chi connectivity index (χ0v) is 10.7. The molecule has 0 aromatic carbocycles. The summed E-state index contributed by atoms with van der Waals surface area (Å²) in [7, 11) is 2.20. The van der Waals surface area contributed by atoms with E-state index in [4.69, 9.17) is 9.90 Å². The molecule has 94 valence electrons. The van der Waals surface area contributed by atoms with Crippen LogP contribution in [0, 0.1) is 6.92 Å². The maximum atomic E-state index is 9.00. The van der Waals surface area contributed by atoms with Gasteiger partial charge in [0, 0.05) is 25.4 Å². The zero-order valence-electron chi connectivity index (χ0n) is 10.7. The molecule has 1 atom stereocenters. The summed E-state index contributed by atoms with van der Waals surface area (Å²) in [4.78, 5) is 15.6. The molecular weight excluding hydrogens is 216 g/mol. The third-order valence-electron chi connectivity index (χ3n) is 2.96. The van der Waals surface area contributed by atoms with Crippen LogP contribution in [-0.2, 0) is 4.79 Å². The van der Waals surface area contributed by atoms with Crippen molar-refractivity contribution >= 4 is 5.97 Å². The number of carboxylic acids is 1. The maximum Gasteiger partial charge on any atom is 0.300 e. The zero-order chi connectivity index (χ0) is 12.8. The number of carboxylic acid groups (broad SMARTS) is 1. The molecule has 0 unspecified atom stereocenters. The van der Waals surface area contributed by atoms with Crippen molar-refractivity contribution in [1.82, 2.24) is 9.88 Å². The molecule has 1 aliphatic rings. The Morgan fingerprint density at radius 3 is 2.71 bits per heavy atom. The van der Waals surface area contributed by atoms with Gasteiger partial charge in [-0.2, -0.15) is 0 Å². The lowest BCUT2D eigenvalue weighted by molar-refractivity contribution is -0.134. The topological polar surface area (TPSA) is 53.4 Å². The minimum atomic E-state index is -0.833. The third kappa shape index (κ3) is 4.15. The van der Waals surface area contributed by atoms with Gasteiger partial charge in [0.1, 0.15) is 0 Å². The second kappa shape index (κ2) is 6.35. The molecule has 1 aliphatic heterocycles. The Kier molecular flexibility index (Phi) is 5.10. The summed E-state index contributed by atoms with van der Waals surface area (Å²) in [5.74, 6) is -0.833.